The van der Waals surface area contributed by atoms with Crippen molar-refractivity contribution in [3.05, 3.63) is 12.4 Å². The maximum atomic E-state index is 11.0. The third kappa shape index (κ3) is 3.13. The van der Waals surface area contributed by atoms with Crippen LogP contribution in [0.1, 0.15) is 26.7 Å². The van der Waals surface area contributed by atoms with Crippen molar-refractivity contribution in [2.75, 3.05) is 18.1 Å². The summed E-state index contributed by atoms with van der Waals surface area (Å²) in [5, 5.41) is 9.06. The lowest BCUT2D eigenvalue weighted by Gasteiger charge is -2.37. The number of aliphatic carboxylic acids is 1. The molecule has 0 bridgehead atoms. The summed E-state index contributed by atoms with van der Waals surface area (Å²) in [6.07, 6.45) is 2.77. The van der Waals surface area contributed by atoms with Crippen LogP contribution in [0.15, 0.2) is 12.4 Å². The Balaban J connectivity index is 2.10. The molecule has 1 aliphatic rings. The van der Waals surface area contributed by atoms with Gasteiger partial charge in [-0.05, 0) is 26.7 Å². The summed E-state index contributed by atoms with van der Waals surface area (Å²) in [5.74, 6) is 0.401. The van der Waals surface area contributed by atoms with Gasteiger partial charge in [0.05, 0.1) is 12.5 Å². The van der Waals surface area contributed by atoms with Crippen LogP contribution in [0.2, 0.25) is 0 Å². The van der Waals surface area contributed by atoms with Crippen molar-refractivity contribution in [3.63, 3.8) is 0 Å². The second kappa shape index (κ2) is 5.86. The fourth-order valence-corrected chi connectivity index (χ4v) is 2.45. The molecule has 1 N–H and O–H groups in total. The van der Waals surface area contributed by atoms with E-state index in [1.165, 1.54) is 6.33 Å². The number of anilines is 1. The number of ether oxygens (including phenoxy) is 1. The minimum atomic E-state index is -0.704. The first kappa shape index (κ1) is 13.6. The molecule has 6 heteroatoms. The molecule has 1 saturated heterocycles. The molecule has 1 aromatic rings. The van der Waals surface area contributed by atoms with Crippen LogP contribution in [0, 0.1) is 5.92 Å². The van der Waals surface area contributed by atoms with Crippen LogP contribution >= 0.6 is 0 Å². The number of hydrogen-bond donors (Lipinski definition) is 1. The number of carbonyl (C=O) groups is 1. The van der Waals surface area contributed by atoms with Gasteiger partial charge in [-0.1, -0.05) is 0 Å². The first-order chi connectivity index (χ1) is 9.11. The second-order valence-electron chi connectivity index (χ2n) is 4.75. The first-order valence-corrected chi connectivity index (χ1v) is 6.56. The van der Waals surface area contributed by atoms with Gasteiger partial charge >= 0.3 is 5.97 Å². The van der Waals surface area contributed by atoms with Crippen molar-refractivity contribution in [2.45, 2.75) is 32.7 Å². The van der Waals surface area contributed by atoms with E-state index in [-0.39, 0.29) is 12.0 Å². The highest BCUT2D eigenvalue weighted by Crippen LogP contribution is 2.27. The third-order valence-electron chi connectivity index (χ3n) is 3.44. The smallest absolute Gasteiger partial charge is 0.306 e. The van der Waals surface area contributed by atoms with E-state index in [4.69, 9.17) is 9.84 Å². The summed E-state index contributed by atoms with van der Waals surface area (Å²) in [7, 11) is 0. The molecule has 1 aromatic heterocycles. The number of nitrogens with zero attached hydrogens (tertiary/aromatic N) is 3. The molecule has 0 saturated carbocycles. The zero-order chi connectivity index (χ0) is 13.8. The molecule has 19 heavy (non-hydrogen) atoms. The van der Waals surface area contributed by atoms with Gasteiger partial charge in [0.25, 0.3) is 0 Å². The summed E-state index contributed by atoms with van der Waals surface area (Å²) < 4.78 is 5.36. The minimum Gasteiger partial charge on any atom is -0.481 e. The van der Waals surface area contributed by atoms with Crippen molar-refractivity contribution in [2.24, 2.45) is 5.92 Å². The zero-order valence-corrected chi connectivity index (χ0v) is 11.2. The van der Waals surface area contributed by atoms with Crippen LogP contribution in [0.5, 0.6) is 5.88 Å². The second-order valence-corrected chi connectivity index (χ2v) is 4.75. The van der Waals surface area contributed by atoms with Crippen LogP contribution < -0.4 is 9.64 Å². The summed E-state index contributed by atoms with van der Waals surface area (Å²) in [5.41, 5.74) is 0. The van der Waals surface area contributed by atoms with Crippen LogP contribution in [0.4, 0.5) is 5.82 Å². The van der Waals surface area contributed by atoms with Gasteiger partial charge in [0, 0.05) is 18.7 Å². The van der Waals surface area contributed by atoms with Gasteiger partial charge in [-0.15, -0.1) is 0 Å². The molecule has 0 amide bonds. The highest BCUT2D eigenvalue weighted by atomic mass is 16.5. The predicted octanol–water partition coefficient (Wildman–Crippen LogP) is 1.56. The fraction of sp³-hybridized carbons (Fsp3) is 0.615. The maximum Gasteiger partial charge on any atom is 0.306 e. The van der Waals surface area contributed by atoms with E-state index in [0.29, 0.717) is 31.9 Å². The molecule has 2 rings (SSSR count). The molecular weight excluding hydrogens is 246 g/mol. The summed E-state index contributed by atoms with van der Waals surface area (Å²) >= 11 is 0. The van der Waals surface area contributed by atoms with E-state index in [2.05, 4.69) is 14.9 Å². The Kier molecular flexibility index (Phi) is 4.19. The molecule has 1 aliphatic heterocycles. The van der Waals surface area contributed by atoms with Crippen molar-refractivity contribution in [1.82, 2.24) is 9.97 Å². The van der Waals surface area contributed by atoms with Gasteiger partial charge in [0.1, 0.15) is 12.1 Å². The van der Waals surface area contributed by atoms with Crippen LogP contribution in [0.3, 0.4) is 0 Å². The SMILES string of the molecule is CCOc1cc(N2CCC(C(=O)O)CC2C)ncn1. The highest BCUT2D eigenvalue weighted by Gasteiger charge is 2.30. The van der Waals surface area contributed by atoms with E-state index in [1.54, 1.807) is 6.07 Å². The molecule has 0 radical (unpaired) electrons. The van der Waals surface area contributed by atoms with Crippen molar-refractivity contribution >= 4 is 11.8 Å². The van der Waals surface area contributed by atoms with Gasteiger partial charge in [-0.3, -0.25) is 4.79 Å². The van der Waals surface area contributed by atoms with Gasteiger partial charge in [-0.2, -0.15) is 0 Å². The van der Waals surface area contributed by atoms with E-state index < -0.39 is 5.97 Å². The monoisotopic (exact) mass is 265 g/mol. The van der Waals surface area contributed by atoms with Gasteiger partial charge in [0.15, 0.2) is 0 Å². The van der Waals surface area contributed by atoms with Crippen molar-refractivity contribution in [1.29, 1.82) is 0 Å². The number of piperidine rings is 1. The standard InChI is InChI=1S/C13H19N3O3/c1-3-19-12-7-11(14-8-15-12)16-5-4-10(13(17)18)6-9(16)2/h7-10H,3-6H2,1-2H3,(H,17,18). The topological polar surface area (TPSA) is 75.5 Å². The lowest BCUT2D eigenvalue weighted by atomic mass is 9.92. The average molecular weight is 265 g/mol. The molecule has 6 nitrogen and oxygen atoms in total. The number of hydrogen-bond acceptors (Lipinski definition) is 5. The maximum absolute atomic E-state index is 11.0. The quantitative estimate of drug-likeness (QED) is 0.890. The Labute approximate surface area is 112 Å². The first-order valence-electron chi connectivity index (χ1n) is 6.56. The third-order valence-corrected chi connectivity index (χ3v) is 3.44. The van der Waals surface area contributed by atoms with E-state index in [9.17, 15) is 4.79 Å². The fourth-order valence-electron chi connectivity index (χ4n) is 2.45. The van der Waals surface area contributed by atoms with Crippen LogP contribution in [-0.4, -0.2) is 40.2 Å². The number of aromatic nitrogens is 2. The Morgan fingerprint density at radius 1 is 1.58 bits per heavy atom. The molecular formula is C13H19N3O3. The zero-order valence-electron chi connectivity index (χ0n) is 11.2. The van der Waals surface area contributed by atoms with Gasteiger partial charge in [0.2, 0.25) is 5.88 Å². The number of carboxylic acid groups (broad SMARTS) is 1. The predicted molar refractivity (Wildman–Crippen MR) is 70.4 cm³/mol. The Hall–Kier alpha value is -1.85. The lowest BCUT2D eigenvalue weighted by Crippen LogP contribution is -2.43. The van der Waals surface area contributed by atoms with Crippen LogP contribution in [-0.2, 0) is 4.79 Å². The van der Waals surface area contributed by atoms with Gasteiger partial charge < -0.3 is 14.7 Å². The lowest BCUT2D eigenvalue weighted by molar-refractivity contribution is -0.142. The Morgan fingerprint density at radius 2 is 2.37 bits per heavy atom. The average Bonchev–Trinajstić information content (AvgIpc) is 2.39. The molecule has 2 atom stereocenters. The number of rotatable bonds is 4. The molecule has 1 fully saturated rings. The molecule has 2 unspecified atom stereocenters. The van der Waals surface area contributed by atoms with E-state index >= 15 is 0 Å². The van der Waals surface area contributed by atoms with E-state index in [0.717, 1.165) is 5.82 Å². The number of carboxylic acids is 1. The molecule has 0 aromatic carbocycles. The normalized spacial score (nSPS) is 23.2. The highest BCUT2D eigenvalue weighted by molar-refractivity contribution is 5.70. The molecule has 2 heterocycles. The van der Waals surface area contributed by atoms with Gasteiger partial charge in [-0.25, -0.2) is 9.97 Å². The molecule has 0 spiro atoms. The Bertz CT molecular complexity index is 453. The van der Waals surface area contributed by atoms with Crippen LogP contribution in [0.25, 0.3) is 0 Å². The molecule has 104 valence electrons. The minimum absolute atomic E-state index is 0.152. The van der Waals surface area contributed by atoms with Crippen molar-refractivity contribution in [3.8, 4) is 5.88 Å². The molecule has 0 aliphatic carbocycles. The van der Waals surface area contributed by atoms with Crippen molar-refractivity contribution < 1.29 is 14.6 Å². The summed E-state index contributed by atoms with van der Waals surface area (Å²) in [4.78, 5) is 21.4. The van der Waals surface area contributed by atoms with E-state index in [1.807, 2.05) is 13.8 Å². The summed E-state index contributed by atoms with van der Waals surface area (Å²) in [6.45, 7) is 5.19. The summed E-state index contributed by atoms with van der Waals surface area (Å²) in [6, 6.07) is 1.96. The largest absolute Gasteiger partial charge is 0.481 e. The Morgan fingerprint density at radius 3 is 3.00 bits per heavy atom.